The third-order valence-electron chi connectivity index (χ3n) is 6.38. The van der Waals surface area contributed by atoms with Crippen molar-refractivity contribution in [1.29, 1.82) is 0 Å². The van der Waals surface area contributed by atoms with E-state index in [1.54, 1.807) is 6.92 Å². The lowest BCUT2D eigenvalue weighted by atomic mass is 9.86. The summed E-state index contributed by atoms with van der Waals surface area (Å²) in [6.07, 6.45) is 13.2. The molecule has 6 nitrogen and oxygen atoms in total. The molecule has 1 aliphatic heterocycles. The van der Waals surface area contributed by atoms with Gasteiger partial charge in [-0.05, 0) is 43.9 Å². The number of carbonyl (C=O) groups is 1. The highest BCUT2D eigenvalue weighted by Gasteiger charge is 2.46. The molecular formula is C23H42O6S2. The molecule has 2 aliphatic rings. The maximum absolute atomic E-state index is 11.9. The minimum absolute atomic E-state index is 0.0576. The lowest BCUT2D eigenvalue weighted by molar-refractivity contribution is -0.196. The second-order valence-electron chi connectivity index (χ2n) is 9.06. The molecule has 31 heavy (non-hydrogen) atoms. The van der Waals surface area contributed by atoms with E-state index in [9.17, 15) is 13.2 Å². The zero-order valence-corrected chi connectivity index (χ0v) is 21.2. The molecule has 1 unspecified atom stereocenters. The van der Waals surface area contributed by atoms with Crippen molar-refractivity contribution in [3.05, 3.63) is 0 Å². The zero-order chi connectivity index (χ0) is 22.7. The fourth-order valence-corrected chi connectivity index (χ4v) is 6.28. The Hall–Kier alpha value is -0.150. The van der Waals surface area contributed by atoms with E-state index < -0.39 is 10.1 Å². The van der Waals surface area contributed by atoms with Crippen LogP contribution in [0.25, 0.3) is 0 Å². The van der Waals surface area contributed by atoms with Gasteiger partial charge in [0.25, 0.3) is 10.1 Å². The van der Waals surface area contributed by atoms with E-state index >= 15 is 0 Å². The highest BCUT2D eigenvalue weighted by atomic mass is 32.2. The number of hydrogen-bond acceptors (Lipinski definition) is 7. The molecule has 0 aromatic heterocycles. The molecule has 1 heterocycles. The average Bonchev–Trinajstić information content (AvgIpc) is 2.99. The molecule has 0 radical (unpaired) electrons. The Labute approximate surface area is 193 Å². The van der Waals surface area contributed by atoms with Crippen LogP contribution in [-0.4, -0.2) is 50.6 Å². The van der Waals surface area contributed by atoms with E-state index in [-0.39, 0.29) is 35.4 Å². The number of carbonyl (C=O) groups excluding carboxylic acids is 1. The van der Waals surface area contributed by atoms with Crippen molar-refractivity contribution in [3.63, 3.8) is 0 Å². The minimum atomic E-state index is -3.56. The Kier molecular flexibility index (Phi) is 12.4. The van der Waals surface area contributed by atoms with Gasteiger partial charge in [-0.15, -0.1) is 0 Å². The third kappa shape index (κ3) is 10.5. The molecule has 182 valence electrons. The molecule has 0 aromatic carbocycles. The van der Waals surface area contributed by atoms with Gasteiger partial charge in [-0.2, -0.15) is 8.42 Å². The van der Waals surface area contributed by atoms with Gasteiger partial charge in [-0.1, -0.05) is 57.2 Å². The number of hydrogen-bond donors (Lipinski definition) is 0. The summed E-state index contributed by atoms with van der Waals surface area (Å²) in [5, 5.41) is 0.0921. The SMILES string of the molecule is CCCCCCCC[C@@H]1[C@@H](CCSC(C)=O)[C@@H](OS(C)(=O)=O)C[C@H]1OC1CCCCO1. The fraction of sp³-hybridized carbons (Fsp3) is 0.957. The molecule has 0 spiro atoms. The van der Waals surface area contributed by atoms with Crippen LogP contribution in [0.5, 0.6) is 0 Å². The molecule has 2 rings (SSSR count). The molecule has 0 aromatic rings. The number of rotatable bonds is 14. The van der Waals surface area contributed by atoms with Gasteiger partial charge in [0.2, 0.25) is 0 Å². The Morgan fingerprint density at radius 3 is 2.39 bits per heavy atom. The molecule has 1 aliphatic carbocycles. The van der Waals surface area contributed by atoms with Crippen molar-refractivity contribution in [2.75, 3.05) is 18.6 Å². The van der Waals surface area contributed by atoms with Gasteiger partial charge in [0.05, 0.1) is 18.5 Å². The van der Waals surface area contributed by atoms with E-state index in [1.807, 2.05) is 0 Å². The molecule has 8 heteroatoms. The van der Waals surface area contributed by atoms with E-state index in [0.29, 0.717) is 12.2 Å². The van der Waals surface area contributed by atoms with Crippen LogP contribution in [0.3, 0.4) is 0 Å². The van der Waals surface area contributed by atoms with E-state index in [1.165, 1.54) is 43.9 Å². The third-order valence-corrected chi connectivity index (χ3v) is 7.82. The number of thioether (sulfide) groups is 1. The van der Waals surface area contributed by atoms with Crippen LogP contribution in [0.1, 0.15) is 90.9 Å². The predicted molar refractivity (Wildman–Crippen MR) is 126 cm³/mol. The normalized spacial score (nSPS) is 29.3. The molecule has 2 fully saturated rings. The number of unbranched alkanes of at least 4 members (excludes halogenated alkanes) is 5. The first-order chi connectivity index (χ1) is 14.8. The monoisotopic (exact) mass is 478 g/mol. The lowest BCUT2D eigenvalue weighted by Crippen LogP contribution is -2.31. The summed E-state index contributed by atoms with van der Waals surface area (Å²) in [6.45, 7) is 4.52. The first kappa shape index (κ1) is 27.1. The van der Waals surface area contributed by atoms with Crippen LogP contribution in [0.15, 0.2) is 0 Å². The average molecular weight is 479 g/mol. The van der Waals surface area contributed by atoms with Crippen LogP contribution >= 0.6 is 11.8 Å². The lowest BCUT2D eigenvalue weighted by Gasteiger charge is -2.30. The van der Waals surface area contributed by atoms with E-state index in [4.69, 9.17) is 13.7 Å². The van der Waals surface area contributed by atoms with Crippen molar-refractivity contribution in [3.8, 4) is 0 Å². The molecule has 0 bridgehead atoms. The highest BCUT2D eigenvalue weighted by Crippen LogP contribution is 2.43. The smallest absolute Gasteiger partial charge is 0.264 e. The summed E-state index contributed by atoms with van der Waals surface area (Å²) in [5.74, 6) is 0.991. The van der Waals surface area contributed by atoms with Gasteiger partial charge < -0.3 is 9.47 Å². The molecule has 5 atom stereocenters. The first-order valence-corrected chi connectivity index (χ1v) is 14.9. The summed E-state index contributed by atoms with van der Waals surface area (Å²) >= 11 is 1.31. The molecule has 0 amide bonds. The topological polar surface area (TPSA) is 78.9 Å². The highest BCUT2D eigenvalue weighted by molar-refractivity contribution is 8.13. The van der Waals surface area contributed by atoms with Crippen LogP contribution < -0.4 is 0 Å². The van der Waals surface area contributed by atoms with E-state index in [2.05, 4.69) is 6.92 Å². The second kappa shape index (κ2) is 14.2. The van der Waals surface area contributed by atoms with Crippen LogP contribution in [0.2, 0.25) is 0 Å². The first-order valence-electron chi connectivity index (χ1n) is 12.1. The summed E-state index contributed by atoms with van der Waals surface area (Å²) in [7, 11) is -3.56. The Balaban J connectivity index is 2.05. The van der Waals surface area contributed by atoms with Crippen molar-refractivity contribution in [1.82, 2.24) is 0 Å². The van der Waals surface area contributed by atoms with Crippen molar-refractivity contribution < 1.29 is 26.9 Å². The quantitative estimate of drug-likeness (QED) is 0.248. The van der Waals surface area contributed by atoms with Gasteiger partial charge >= 0.3 is 0 Å². The van der Waals surface area contributed by atoms with E-state index in [0.717, 1.165) is 51.4 Å². The van der Waals surface area contributed by atoms with Gasteiger partial charge in [0.1, 0.15) is 0 Å². The summed E-state index contributed by atoms with van der Waals surface area (Å²) in [5.41, 5.74) is 0. The maximum atomic E-state index is 11.9. The summed E-state index contributed by atoms with van der Waals surface area (Å²) in [4.78, 5) is 11.4. The molecule has 0 N–H and O–H groups in total. The summed E-state index contributed by atoms with van der Waals surface area (Å²) < 4.78 is 41.6. The second-order valence-corrected chi connectivity index (χ2v) is 11.9. The summed E-state index contributed by atoms with van der Waals surface area (Å²) in [6, 6.07) is 0. The Morgan fingerprint density at radius 2 is 1.74 bits per heavy atom. The zero-order valence-electron chi connectivity index (χ0n) is 19.6. The van der Waals surface area contributed by atoms with Gasteiger partial charge in [0.15, 0.2) is 11.4 Å². The van der Waals surface area contributed by atoms with Gasteiger partial charge in [-0.25, -0.2) is 0 Å². The van der Waals surface area contributed by atoms with Crippen molar-refractivity contribution in [2.45, 2.75) is 109 Å². The largest absolute Gasteiger partial charge is 0.353 e. The van der Waals surface area contributed by atoms with Gasteiger partial charge in [-0.3, -0.25) is 8.98 Å². The van der Waals surface area contributed by atoms with Crippen molar-refractivity contribution >= 4 is 27.0 Å². The minimum Gasteiger partial charge on any atom is -0.353 e. The van der Waals surface area contributed by atoms with Crippen LogP contribution in [0.4, 0.5) is 0 Å². The fourth-order valence-electron chi connectivity index (χ4n) is 4.93. The van der Waals surface area contributed by atoms with Crippen LogP contribution in [-0.2, 0) is 28.6 Å². The van der Waals surface area contributed by atoms with Gasteiger partial charge in [0, 0.05) is 25.7 Å². The molecule has 1 saturated heterocycles. The number of ether oxygens (including phenoxy) is 2. The molecular weight excluding hydrogens is 436 g/mol. The predicted octanol–water partition coefficient (Wildman–Crippen LogP) is 5.30. The standard InChI is InChI=1S/C23H42O6S2/c1-4-5-6-7-8-9-12-19-20(14-16-30-18(2)24)22(29-31(3,25)26)17-21(19)28-23-13-10-11-15-27-23/h19-23H,4-17H2,1-3H3/t19-,20-,21-,22+,23?/m1/s1. The maximum Gasteiger partial charge on any atom is 0.264 e. The molecule has 1 saturated carbocycles. The Bertz CT molecular complexity index is 618. The van der Waals surface area contributed by atoms with Crippen LogP contribution in [0, 0.1) is 11.8 Å². The van der Waals surface area contributed by atoms with Crippen molar-refractivity contribution in [2.24, 2.45) is 11.8 Å². The Morgan fingerprint density at radius 1 is 1.03 bits per heavy atom.